The van der Waals surface area contributed by atoms with Crippen LogP contribution in [0.15, 0.2) is 0 Å². The molecule has 0 saturated heterocycles. The van der Waals surface area contributed by atoms with Crippen molar-refractivity contribution in [3.8, 4) is 0 Å². The SMILES string of the molecule is CC(C)(O)C[C]1CC1. The Hall–Kier alpha value is -0.0400. The topological polar surface area (TPSA) is 20.2 Å². The maximum absolute atomic E-state index is 9.21. The second kappa shape index (κ2) is 1.73. The third kappa shape index (κ3) is 2.31. The van der Waals surface area contributed by atoms with E-state index in [2.05, 4.69) is 0 Å². The van der Waals surface area contributed by atoms with Crippen LogP contribution in [0.1, 0.15) is 33.1 Å². The van der Waals surface area contributed by atoms with Crippen LogP contribution in [-0.4, -0.2) is 10.7 Å². The summed E-state index contributed by atoms with van der Waals surface area (Å²) in [6.07, 6.45) is 3.42. The third-order valence-electron chi connectivity index (χ3n) is 1.29. The molecule has 1 fully saturated rings. The molecule has 1 rings (SSSR count). The molecule has 0 aromatic rings. The average Bonchev–Trinajstić information content (AvgIpc) is 2.12. The van der Waals surface area contributed by atoms with Crippen LogP contribution in [0.25, 0.3) is 0 Å². The van der Waals surface area contributed by atoms with Gasteiger partial charge in [0.15, 0.2) is 0 Å². The van der Waals surface area contributed by atoms with Crippen molar-refractivity contribution in [2.24, 2.45) is 0 Å². The predicted octanol–water partition coefficient (Wildman–Crippen LogP) is 1.52. The molecule has 1 aliphatic carbocycles. The van der Waals surface area contributed by atoms with Gasteiger partial charge < -0.3 is 5.11 Å². The van der Waals surface area contributed by atoms with Gasteiger partial charge in [0, 0.05) is 0 Å². The van der Waals surface area contributed by atoms with Gasteiger partial charge in [0.25, 0.3) is 0 Å². The Kier molecular flexibility index (Phi) is 1.31. The van der Waals surface area contributed by atoms with E-state index in [1.54, 1.807) is 0 Å². The molecule has 1 nitrogen and oxygen atoms in total. The average molecular weight is 113 g/mol. The molecule has 1 saturated carbocycles. The van der Waals surface area contributed by atoms with Crippen LogP contribution in [0.5, 0.6) is 0 Å². The molecule has 0 unspecified atom stereocenters. The van der Waals surface area contributed by atoms with E-state index in [0.717, 1.165) is 6.42 Å². The highest BCUT2D eigenvalue weighted by molar-refractivity contribution is 5.07. The summed E-state index contributed by atoms with van der Waals surface area (Å²) < 4.78 is 0. The second-order valence-corrected chi connectivity index (χ2v) is 3.24. The summed E-state index contributed by atoms with van der Waals surface area (Å²) in [5, 5.41) is 9.21. The van der Waals surface area contributed by atoms with Crippen molar-refractivity contribution in [1.82, 2.24) is 0 Å². The Labute approximate surface area is 50.7 Å². The first-order chi connectivity index (χ1) is 3.58. The maximum Gasteiger partial charge on any atom is 0.0597 e. The van der Waals surface area contributed by atoms with Crippen LogP contribution < -0.4 is 0 Å². The molecule has 0 bridgehead atoms. The molecule has 0 spiro atoms. The molecule has 0 atom stereocenters. The zero-order valence-corrected chi connectivity index (χ0v) is 5.57. The van der Waals surface area contributed by atoms with Gasteiger partial charge in [0.1, 0.15) is 0 Å². The molecule has 1 heteroatoms. The molecule has 0 amide bonds. The number of aliphatic hydroxyl groups is 1. The minimum Gasteiger partial charge on any atom is -0.390 e. The summed E-state index contributed by atoms with van der Waals surface area (Å²) in [4.78, 5) is 0. The molecule has 0 heterocycles. The number of hydrogen-bond donors (Lipinski definition) is 1. The lowest BCUT2D eigenvalue weighted by Crippen LogP contribution is -2.18. The van der Waals surface area contributed by atoms with Crippen LogP contribution in [0.2, 0.25) is 0 Å². The lowest BCUT2D eigenvalue weighted by atomic mass is 10.0. The van der Waals surface area contributed by atoms with E-state index in [4.69, 9.17) is 0 Å². The van der Waals surface area contributed by atoms with Crippen molar-refractivity contribution in [2.75, 3.05) is 0 Å². The fraction of sp³-hybridized carbons (Fsp3) is 0.857. The van der Waals surface area contributed by atoms with Gasteiger partial charge in [-0.15, -0.1) is 0 Å². The minimum absolute atomic E-state index is 0.453. The van der Waals surface area contributed by atoms with E-state index in [1.807, 2.05) is 13.8 Å². The van der Waals surface area contributed by atoms with E-state index in [1.165, 1.54) is 18.8 Å². The quantitative estimate of drug-likeness (QED) is 0.575. The molecule has 47 valence electrons. The molecule has 0 aromatic carbocycles. The molecular weight excluding hydrogens is 100 g/mol. The Morgan fingerprint density at radius 3 is 2.12 bits per heavy atom. The van der Waals surface area contributed by atoms with Crippen molar-refractivity contribution < 1.29 is 5.11 Å². The molecule has 0 aliphatic heterocycles. The monoisotopic (exact) mass is 113 g/mol. The highest BCUT2D eigenvalue weighted by atomic mass is 16.3. The van der Waals surface area contributed by atoms with Gasteiger partial charge in [-0.3, -0.25) is 0 Å². The first kappa shape index (κ1) is 6.09. The normalized spacial score (nSPS) is 21.4. The summed E-state index contributed by atoms with van der Waals surface area (Å²) in [6, 6.07) is 0. The first-order valence-electron chi connectivity index (χ1n) is 3.14. The van der Waals surface area contributed by atoms with E-state index < -0.39 is 5.60 Å². The maximum atomic E-state index is 9.21. The lowest BCUT2D eigenvalue weighted by molar-refractivity contribution is 0.0784. The lowest BCUT2D eigenvalue weighted by Gasteiger charge is -2.14. The van der Waals surface area contributed by atoms with Gasteiger partial charge >= 0.3 is 0 Å². The van der Waals surface area contributed by atoms with E-state index >= 15 is 0 Å². The Morgan fingerprint density at radius 1 is 1.50 bits per heavy atom. The van der Waals surface area contributed by atoms with Crippen LogP contribution in [0, 0.1) is 5.92 Å². The van der Waals surface area contributed by atoms with Crippen molar-refractivity contribution in [1.29, 1.82) is 0 Å². The standard InChI is InChI=1S/C7H13O/c1-7(2,8)5-6-3-4-6/h8H,3-5H2,1-2H3. The zero-order chi connectivity index (χ0) is 6.20. The molecule has 1 aliphatic rings. The highest BCUT2D eigenvalue weighted by Crippen LogP contribution is 2.38. The van der Waals surface area contributed by atoms with Gasteiger partial charge in [0.05, 0.1) is 5.60 Å². The molecule has 0 aromatic heterocycles. The molecule has 8 heavy (non-hydrogen) atoms. The highest BCUT2D eigenvalue weighted by Gasteiger charge is 2.28. The Balaban J connectivity index is 2.16. The minimum atomic E-state index is -0.453. The Bertz CT molecular complexity index is 76.9. The van der Waals surface area contributed by atoms with Crippen molar-refractivity contribution in [3.05, 3.63) is 5.92 Å². The summed E-state index contributed by atoms with van der Waals surface area (Å²) in [5.74, 6) is 1.53. The van der Waals surface area contributed by atoms with Crippen molar-refractivity contribution in [3.63, 3.8) is 0 Å². The van der Waals surface area contributed by atoms with Gasteiger partial charge in [-0.05, 0) is 39.0 Å². The van der Waals surface area contributed by atoms with Crippen LogP contribution in [0.3, 0.4) is 0 Å². The van der Waals surface area contributed by atoms with E-state index in [9.17, 15) is 5.11 Å². The van der Waals surface area contributed by atoms with Crippen LogP contribution in [-0.2, 0) is 0 Å². The Morgan fingerprint density at radius 2 is 2.00 bits per heavy atom. The van der Waals surface area contributed by atoms with Gasteiger partial charge in [-0.2, -0.15) is 0 Å². The van der Waals surface area contributed by atoms with Crippen molar-refractivity contribution in [2.45, 2.75) is 38.7 Å². The molecular formula is C7H13O. The second-order valence-electron chi connectivity index (χ2n) is 3.24. The van der Waals surface area contributed by atoms with Gasteiger partial charge in [-0.25, -0.2) is 0 Å². The molecule has 1 radical (unpaired) electrons. The van der Waals surface area contributed by atoms with Gasteiger partial charge in [-0.1, -0.05) is 0 Å². The van der Waals surface area contributed by atoms with Gasteiger partial charge in [0.2, 0.25) is 0 Å². The zero-order valence-electron chi connectivity index (χ0n) is 5.57. The molecule has 1 N–H and O–H groups in total. The summed E-state index contributed by atoms with van der Waals surface area (Å²) in [6.45, 7) is 3.72. The number of hydrogen-bond acceptors (Lipinski definition) is 1. The third-order valence-corrected chi connectivity index (χ3v) is 1.29. The fourth-order valence-corrected chi connectivity index (χ4v) is 0.877. The summed E-state index contributed by atoms with van der Waals surface area (Å²) in [5.41, 5.74) is -0.453. The van der Waals surface area contributed by atoms with Crippen molar-refractivity contribution >= 4 is 0 Å². The summed E-state index contributed by atoms with van der Waals surface area (Å²) in [7, 11) is 0. The predicted molar refractivity (Wildman–Crippen MR) is 33.4 cm³/mol. The van der Waals surface area contributed by atoms with Crippen LogP contribution >= 0.6 is 0 Å². The smallest absolute Gasteiger partial charge is 0.0597 e. The van der Waals surface area contributed by atoms with E-state index in [-0.39, 0.29) is 0 Å². The van der Waals surface area contributed by atoms with E-state index in [0.29, 0.717) is 0 Å². The largest absolute Gasteiger partial charge is 0.390 e. The fourth-order valence-electron chi connectivity index (χ4n) is 0.877. The first-order valence-corrected chi connectivity index (χ1v) is 3.14. The summed E-state index contributed by atoms with van der Waals surface area (Å²) >= 11 is 0. The number of rotatable bonds is 2. The van der Waals surface area contributed by atoms with Crippen LogP contribution in [0.4, 0.5) is 0 Å².